The third-order valence-corrected chi connectivity index (χ3v) is 15.9. The van der Waals surface area contributed by atoms with Crippen molar-refractivity contribution >= 4 is 175 Å². The minimum atomic E-state index is -1.56. The minimum Gasteiger partial charge on any atom is -0.480 e. The Bertz CT molecular complexity index is 4050. The van der Waals surface area contributed by atoms with E-state index < -0.39 is 35.5 Å². The first-order valence-corrected chi connectivity index (χ1v) is 39.9. The summed E-state index contributed by atoms with van der Waals surface area (Å²) in [5.41, 5.74) is 5.07. The second kappa shape index (κ2) is 41.4. The van der Waals surface area contributed by atoms with E-state index in [0.717, 1.165) is 43.2 Å². The fourth-order valence-electron chi connectivity index (χ4n) is 9.62. The predicted molar refractivity (Wildman–Crippen MR) is 420 cm³/mol. The van der Waals surface area contributed by atoms with Crippen LogP contribution in [0.3, 0.4) is 0 Å². The van der Waals surface area contributed by atoms with Crippen LogP contribution in [0.25, 0.3) is 0 Å². The van der Waals surface area contributed by atoms with Gasteiger partial charge in [-0.3, -0.25) is 19.8 Å². The molecule has 12 rings (SSSR count). The molecular weight excluding hydrogens is 1670 g/mol. The zero-order chi connectivity index (χ0) is 72.6. The number of pyridine rings is 4. The molecule has 0 bridgehead atoms. The molecule has 2 aliphatic rings. The maximum absolute atomic E-state index is 15.4. The van der Waals surface area contributed by atoms with Gasteiger partial charge in [-0.2, -0.15) is 0 Å². The van der Waals surface area contributed by atoms with Crippen LogP contribution in [-0.2, 0) is 23.8 Å². The van der Waals surface area contributed by atoms with Crippen LogP contribution < -0.4 is 30.7 Å². The van der Waals surface area contributed by atoms with Crippen molar-refractivity contribution in [3.8, 4) is 0 Å². The van der Waals surface area contributed by atoms with Crippen LogP contribution in [0.2, 0.25) is 20.1 Å². The van der Waals surface area contributed by atoms with E-state index in [-0.39, 0.29) is 45.5 Å². The van der Waals surface area contributed by atoms with Crippen molar-refractivity contribution in [2.45, 2.75) is 63.4 Å². The lowest BCUT2D eigenvalue weighted by Gasteiger charge is -2.37. The number of ether oxygens (including phenoxy) is 3. The summed E-state index contributed by atoms with van der Waals surface area (Å²) in [5.74, 6) is 2.98. The van der Waals surface area contributed by atoms with Crippen LogP contribution in [0.1, 0.15) is 46.5 Å². The Morgan fingerprint density at radius 2 is 0.950 bits per heavy atom. The summed E-state index contributed by atoms with van der Waals surface area (Å²) in [6, 6.07) is 52.0. The monoisotopic (exact) mass is 1740 g/mol. The van der Waals surface area contributed by atoms with Crippen molar-refractivity contribution in [2.24, 2.45) is 0 Å². The number of nitrogens with zero attached hydrogens (tertiary/aromatic N) is 12. The number of piperidine rings is 2. The van der Waals surface area contributed by atoms with Crippen LogP contribution in [0, 0.1) is 0 Å². The summed E-state index contributed by atoms with van der Waals surface area (Å²) in [4.78, 5) is 65.6. The number of esters is 1. The maximum atomic E-state index is 15.4. The van der Waals surface area contributed by atoms with E-state index in [1.165, 1.54) is 0 Å². The highest BCUT2D eigenvalue weighted by Gasteiger charge is 2.37. The Balaban J connectivity index is 0.000000200. The first kappa shape index (κ1) is 80.6. The summed E-state index contributed by atoms with van der Waals surface area (Å²) in [5, 5.41) is 14.5. The molecule has 0 radical (unpaired) electrons. The van der Waals surface area contributed by atoms with Crippen LogP contribution in [-0.4, -0.2) is 126 Å². The molecule has 0 unspecified atom stereocenters. The highest BCUT2D eigenvalue weighted by atomic mass is 128. The first-order valence-electron chi connectivity index (χ1n) is 31.3. The standard InChI is InChI=1S/C27H31ClFN5O3.C23H23ClFN5O3.C11H9ClN2.C6H6ClN.C5H4BrN.I2/c1-26(2,3)37-25(35)18-36-19-27(29)11-14-33(15-12-27)23-16-30-17-24(32-23)34(22-6-4-5-13-31-22)21-9-7-20(28)8-10-21;24-17-4-6-18(7-5-17)30(19-3-1-2-10-27-19)21-14-26-13-20(28-21)29-11-8-23(25,9-12-29)16-33-15-22(31)32;12-9-4-6-10(7-5-9)14-11-3-1-2-8-13-11;7-5-1-3-6(8)4-2-5;6-5-3-1-2-4-7-5;1-2/h4-10,13,16-17H,11-12,14-15,18-19H2,1-3H3;1-7,10,13-14H,8-9,11-12,15-16H2,(H,31,32);1-8H,(H,13,14);1-4H,8H2;1-4H;. The van der Waals surface area contributed by atoms with Gasteiger partial charge in [0.05, 0.1) is 38.0 Å². The van der Waals surface area contributed by atoms with Gasteiger partial charge in [-0.15, -0.1) is 0 Å². The number of nitrogens with two attached hydrogens (primary N) is 1. The number of carboxylic acids is 1. The highest BCUT2D eigenvalue weighted by Crippen LogP contribution is 2.37. The Morgan fingerprint density at radius 1 is 0.554 bits per heavy atom. The van der Waals surface area contributed by atoms with Crippen molar-refractivity contribution in [1.29, 1.82) is 0 Å². The zero-order valence-corrected chi connectivity index (χ0v) is 64.0. The zero-order valence-electron chi connectivity index (χ0n) is 55.1. The summed E-state index contributed by atoms with van der Waals surface area (Å²) >= 11 is 30.9. The van der Waals surface area contributed by atoms with Gasteiger partial charge >= 0.3 is 11.9 Å². The molecule has 2 fully saturated rings. The molecule has 4 aromatic carbocycles. The predicted octanol–water partition coefficient (Wildman–Crippen LogP) is 19.1. The quantitative estimate of drug-likeness (QED) is 0.0313. The van der Waals surface area contributed by atoms with E-state index in [4.69, 9.17) is 81.4 Å². The molecule has 2 saturated heterocycles. The van der Waals surface area contributed by atoms with Gasteiger partial charge in [0.15, 0.2) is 11.6 Å². The van der Waals surface area contributed by atoms with Gasteiger partial charge in [-0.05, 0) is 182 Å². The third kappa shape index (κ3) is 28.2. The Labute approximate surface area is 637 Å². The van der Waals surface area contributed by atoms with Crippen LogP contribution in [0.5, 0.6) is 0 Å². The third-order valence-electron chi connectivity index (χ3n) is 14.4. The van der Waals surface area contributed by atoms with E-state index >= 15 is 4.39 Å². The number of nitrogens with one attached hydrogen (secondary N) is 1. The molecule has 0 spiro atoms. The molecule has 0 amide bonds. The molecule has 29 heteroatoms. The number of halogens is 9. The lowest BCUT2D eigenvalue weighted by atomic mass is 9.94. The average Bonchev–Trinajstić information content (AvgIpc) is 0.805. The number of aromatic nitrogens is 8. The molecule has 530 valence electrons. The molecule has 8 heterocycles. The number of benzene rings is 4. The van der Waals surface area contributed by atoms with Gasteiger partial charge in [0.2, 0.25) is 0 Å². The van der Waals surface area contributed by atoms with Gasteiger partial charge in [0.1, 0.15) is 63.8 Å². The molecule has 0 aliphatic carbocycles. The lowest BCUT2D eigenvalue weighted by Crippen LogP contribution is -2.45. The van der Waals surface area contributed by atoms with Gasteiger partial charge in [0.25, 0.3) is 0 Å². The normalized spacial score (nSPS) is 13.3. The molecule has 6 aromatic heterocycles. The number of hydrogen-bond donors (Lipinski definition) is 3. The number of hydrogen-bond acceptors (Lipinski definition) is 19. The number of anilines is 11. The average molecular weight is 1740 g/mol. The Morgan fingerprint density at radius 3 is 1.31 bits per heavy atom. The summed E-state index contributed by atoms with van der Waals surface area (Å²) in [6.45, 7) is 5.87. The largest absolute Gasteiger partial charge is 0.480 e. The highest BCUT2D eigenvalue weighted by molar-refractivity contribution is 15.0. The molecule has 20 nitrogen and oxygen atoms in total. The van der Waals surface area contributed by atoms with Crippen LogP contribution >= 0.6 is 99.6 Å². The van der Waals surface area contributed by atoms with E-state index in [0.29, 0.717) is 71.1 Å². The number of aliphatic carboxylic acids is 1. The van der Waals surface area contributed by atoms with E-state index in [9.17, 15) is 14.0 Å². The second-order valence-electron chi connectivity index (χ2n) is 23.3. The number of nitrogen functional groups attached to an aromatic ring is 1. The minimum absolute atomic E-state index is 0.157. The Hall–Kier alpha value is -7.74. The first-order chi connectivity index (χ1) is 48.6. The van der Waals surface area contributed by atoms with Crippen molar-refractivity contribution in [2.75, 3.05) is 83.3 Å². The van der Waals surface area contributed by atoms with Gasteiger partial charge < -0.3 is 40.2 Å². The SMILES string of the molecule is Brc1ccccn1.CC(C)(C)OC(=O)COCC1(F)CCN(c2cncc(N(c3ccc(Cl)cc3)c3ccccn3)n2)CC1.Clc1ccc(Nc2ccccn2)cc1.II.Nc1ccc(Cl)cc1.O=C(O)COCC1(F)CCN(c2cncc(N(c3ccc(Cl)cc3)c3ccccn3)n2)CC1. The van der Waals surface area contributed by atoms with E-state index in [1.807, 2.05) is 141 Å². The maximum Gasteiger partial charge on any atom is 0.332 e. The molecule has 101 heavy (non-hydrogen) atoms. The number of carbonyl (C=O) groups excluding carboxylic acids is 1. The summed E-state index contributed by atoms with van der Waals surface area (Å²) < 4.78 is 46.8. The topological polar surface area (TPSA) is 236 Å². The van der Waals surface area contributed by atoms with Gasteiger partial charge in [-0.1, -0.05) is 70.7 Å². The number of rotatable bonds is 18. The molecule has 10 aromatic rings. The lowest BCUT2D eigenvalue weighted by molar-refractivity contribution is -0.161. The second-order valence-corrected chi connectivity index (χ2v) is 25.8. The molecular formula is C72H73BrCl4F2I2N14O6. The molecule has 2 aliphatic heterocycles. The molecule has 0 saturated carbocycles. The smallest absolute Gasteiger partial charge is 0.332 e. The van der Waals surface area contributed by atoms with Crippen molar-refractivity contribution in [3.63, 3.8) is 0 Å². The van der Waals surface area contributed by atoms with Crippen molar-refractivity contribution in [3.05, 3.63) is 244 Å². The summed E-state index contributed by atoms with van der Waals surface area (Å²) in [6.07, 6.45) is 14.4. The van der Waals surface area contributed by atoms with Crippen LogP contribution in [0.15, 0.2) is 224 Å². The van der Waals surface area contributed by atoms with E-state index in [1.54, 1.807) is 119 Å². The number of alkyl halides is 2. The fraction of sp³-hybridized carbons (Fsp3) is 0.250. The number of carboxylic acid groups (broad SMARTS) is 1. The number of carbonyl (C=O) groups is 2. The van der Waals surface area contributed by atoms with Crippen LogP contribution in [0.4, 0.5) is 72.3 Å². The summed E-state index contributed by atoms with van der Waals surface area (Å²) in [7, 11) is 0. The van der Waals surface area contributed by atoms with E-state index in [2.05, 4.69) is 88.4 Å². The Kier molecular flexibility index (Phi) is 33.0. The molecule has 0 atom stereocenters. The van der Waals surface area contributed by atoms with Gasteiger partial charge in [-0.25, -0.2) is 48.3 Å². The fourth-order valence-corrected chi connectivity index (χ4v) is 10.4. The molecule has 4 N–H and O–H groups in total. The van der Waals surface area contributed by atoms with Crippen molar-refractivity contribution < 1.29 is 37.7 Å². The van der Waals surface area contributed by atoms with Crippen molar-refractivity contribution in [1.82, 2.24) is 39.9 Å². The van der Waals surface area contributed by atoms with Gasteiger partial charge in [0, 0.05) is 157 Å².